The van der Waals surface area contributed by atoms with Crippen molar-refractivity contribution < 1.29 is 16.8 Å². The molecule has 0 saturated heterocycles. The summed E-state index contributed by atoms with van der Waals surface area (Å²) in [5.74, 6) is 0. The fourth-order valence-electron chi connectivity index (χ4n) is 1.73. The van der Waals surface area contributed by atoms with Crippen LogP contribution in [0.15, 0.2) is 58.3 Å². The van der Waals surface area contributed by atoms with Gasteiger partial charge >= 0.3 is 0 Å². The highest BCUT2D eigenvalue weighted by atomic mass is 127. The first kappa shape index (κ1) is 18.2. The van der Waals surface area contributed by atoms with Crippen LogP contribution in [0, 0.1) is 3.57 Å². The molecule has 0 heterocycles. The minimum atomic E-state index is -3.77. The molecule has 0 aliphatic rings. The van der Waals surface area contributed by atoms with Crippen LogP contribution in [0.1, 0.15) is 0 Å². The second-order valence-corrected chi connectivity index (χ2v) is 9.95. The molecule has 9 heteroatoms. The lowest BCUT2D eigenvalue weighted by atomic mass is 10.3. The van der Waals surface area contributed by atoms with Crippen LogP contribution in [0.2, 0.25) is 0 Å². The molecule has 2 aromatic carbocycles. The number of benzene rings is 2. The Labute approximate surface area is 149 Å². The number of nitrogens with zero attached hydrogens (tertiary/aromatic N) is 1. The summed E-state index contributed by atoms with van der Waals surface area (Å²) in [6.07, 6.45) is 0. The van der Waals surface area contributed by atoms with Crippen LogP contribution < -0.4 is 4.72 Å². The van der Waals surface area contributed by atoms with E-state index < -0.39 is 20.0 Å². The third-order valence-electron chi connectivity index (χ3n) is 3.01. The molecule has 0 aliphatic heterocycles. The molecule has 0 bridgehead atoms. The van der Waals surface area contributed by atoms with Crippen molar-refractivity contribution in [2.24, 2.45) is 0 Å². The number of halogens is 1. The molecule has 0 spiro atoms. The largest absolute Gasteiger partial charge is 0.280 e. The first-order chi connectivity index (χ1) is 10.6. The average molecular weight is 466 g/mol. The zero-order chi connectivity index (χ0) is 17.3. The SMILES string of the molecule is CN(C)S(=O)(=O)c1ccc(S(=O)(=O)Nc2ccc(I)cc2)cc1. The Morgan fingerprint density at radius 1 is 0.826 bits per heavy atom. The summed E-state index contributed by atoms with van der Waals surface area (Å²) in [6.45, 7) is 0. The summed E-state index contributed by atoms with van der Waals surface area (Å²) in [7, 11) is -4.53. The lowest BCUT2D eigenvalue weighted by Crippen LogP contribution is -2.22. The van der Waals surface area contributed by atoms with E-state index in [9.17, 15) is 16.8 Å². The van der Waals surface area contributed by atoms with Crippen LogP contribution >= 0.6 is 22.6 Å². The molecule has 0 fully saturated rings. The molecular formula is C14H15IN2O4S2. The molecule has 124 valence electrons. The van der Waals surface area contributed by atoms with E-state index >= 15 is 0 Å². The van der Waals surface area contributed by atoms with Crippen LogP contribution in [0.3, 0.4) is 0 Å². The molecule has 0 aliphatic carbocycles. The Morgan fingerprint density at radius 2 is 1.30 bits per heavy atom. The van der Waals surface area contributed by atoms with Crippen molar-refractivity contribution in [2.75, 3.05) is 18.8 Å². The molecule has 0 aromatic heterocycles. The second-order valence-electron chi connectivity index (χ2n) is 4.87. The van der Waals surface area contributed by atoms with Crippen molar-refractivity contribution in [3.63, 3.8) is 0 Å². The Bertz CT molecular complexity index is 891. The summed E-state index contributed by atoms with van der Waals surface area (Å²) in [5, 5.41) is 0. The third kappa shape index (κ3) is 4.22. The Kier molecular flexibility index (Phi) is 5.33. The normalized spacial score (nSPS) is 12.3. The molecule has 23 heavy (non-hydrogen) atoms. The van der Waals surface area contributed by atoms with Crippen molar-refractivity contribution >= 4 is 48.3 Å². The van der Waals surface area contributed by atoms with Gasteiger partial charge in [0.05, 0.1) is 9.79 Å². The van der Waals surface area contributed by atoms with E-state index in [1.165, 1.54) is 38.4 Å². The number of nitrogens with one attached hydrogen (secondary N) is 1. The summed E-state index contributed by atoms with van der Waals surface area (Å²) < 4.78 is 53.1. The van der Waals surface area contributed by atoms with E-state index in [0.29, 0.717) is 5.69 Å². The number of hydrogen-bond donors (Lipinski definition) is 1. The molecule has 0 unspecified atom stereocenters. The van der Waals surface area contributed by atoms with E-state index in [1.807, 2.05) is 0 Å². The number of sulfonamides is 2. The fraction of sp³-hybridized carbons (Fsp3) is 0.143. The van der Waals surface area contributed by atoms with Gasteiger partial charge in [0.15, 0.2) is 0 Å². The summed E-state index contributed by atoms with van der Waals surface area (Å²) in [6, 6.07) is 12.0. The molecule has 6 nitrogen and oxygen atoms in total. The lowest BCUT2D eigenvalue weighted by Gasteiger charge is -2.12. The lowest BCUT2D eigenvalue weighted by molar-refractivity contribution is 0.520. The van der Waals surface area contributed by atoms with Crippen molar-refractivity contribution in [3.8, 4) is 0 Å². The van der Waals surface area contributed by atoms with Gasteiger partial charge in [0, 0.05) is 23.4 Å². The van der Waals surface area contributed by atoms with Gasteiger partial charge in [-0.2, -0.15) is 0 Å². The van der Waals surface area contributed by atoms with E-state index in [2.05, 4.69) is 27.3 Å². The first-order valence-electron chi connectivity index (χ1n) is 6.44. The van der Waals surface area contributed by atoms with Crippen LogP contribution in [0.25, 0.3) is 0 Å². The highest BCUT2D eigenvalue weighted by Crippen LogP contribution is 2.20. The Morgan fingerprint density at radius 3 is 1.78 bits per heavy atom. The van der Waals surface area contributed by atoms with Crippen molar-refractivity contribution in [2.45, 2.75) is 9.79 Å². The van der Waals surface area contributed by atoms with E-state index in [1.54, 1.807) is 24.3 Å². The number of rotatable bonds is 5. The number of hydrogen-bond acceptors (Lipinski definition) is 4. The van der Waals surface area contributed by atoms with Crippen molar-refractivity contribution in [1.29, 1.82) is 0 Å². The summed E-state index contributed by atoms with van der Waals surface area (Å²) >= 11 is 2.12. The predicted molar refractivity (Wildman–Crippen MR) is 97.3 cm³/mol. The van der Waals surface area contributed by atoms with Gasteiger partial charge < -0.3 is 0 Å². The predicted octanol–water partition coefficient (Wildman–Crippen LogP) is 2.34. The van der Waals surface area contributed by atoms with Crippen LogP contribution in [-0.4, -0.2) is 35.2 Å². The maximum Gasteiger partial charge on any atom is 0.261 e. The standard InChI is InChI=1S/C14H15IN2O4S2/c1-17(2)23(20,21)14-9-7-13(8-10-14)22(18,19)16-12-5-3-11(15)4-6-12/h3-10,16H,1-2H3. The van der Waals surface area contributed by atoms with Crippen molar-refractivity contribution in [1.82, 2.24) is 4.31 Å². The molecule has 0 amide bonds. The molecule has 1 N–H and O–H groups in total. The molecule has 0 radical (unpaired) electrons. The monoisotopic (exact) mass is 466 g/mol. The Balaban J connectivity index is 2.29. The average Bonchev–Trinajstić information content (AvgIpc) is 2.49. The minimum absolute atomic E-state index is 0.00578. The maximum absolute atomic E-state index is 12.3. The zero-order valence-corrected chi connectivity index (χ0v) is 16.2. The second kappa shape index (κ2) is 6.75. The maximum atomic E-state index is 12.3. The molecule has 0 saturated carbocycles. The van der Waals surface area contributed by atoms with Crippen molar-refractivity contribution in [3.05, 3.63) is 52.1 Å². The minimum Gasteiger partial charge on any atom is -0.280 e. The summed E-state index contributed by atoms with van der Waals surface area (Å²) in [5.41, 5.74) is 0.440. The van der Waals surface area contributed by atoms with Crippen LogP contribution in [0.5, 0.6) is 0 Å². The van der Waals surface area contributed by atoms with Gasteiger partial charge in [0.2, 0.25) is 10.0 Å². The van der Waals surface area contributed by atoms with Crippen LogP contribution in [0.4, 0.5) is 5.69 Å². The molecule has 2 rings (SSSR count). The van der Waals surface area contributed by atoms with Gasteiger partial charge in [-0.15, -0.1) is 0 Å². The highest BCUT2D eigenvalue weighted by Gasteiger charge is 2.19. The first-order valence-corrected chi connectivity index (χ1v) is 10.4. The zero-order valence-electron chi connectivity index (χ0n) is 12.4. The van der Waals surface area contributed by atoms with Crippen LogP contribution in [-0.2, 0) is 20.0 Å². The van der Waals surface area contributed by atoms with Gasteiger partial charge in [0.25, 0.3) is 10.0 Å². The van der Waals surface area contributed by atoms with Gasteiger partial charge in [0.1, 0.15) is 0 Å². The van der Waals surface area contributed by atoms with Gasteiger partial charge in [-0.1, -0.05) is 0 Å². The molecule has 0 atom stereocenters. The summed E-state index contributed by atoms with van der Waals surface area (Å²) in [4.78, 5) is 0.0319. The van der Waals surface area contributed by atoms with E-state index in [0.717, 1.165) is 7.88 Å². The number of anilines is 1. The van der Waals surface area contributed by atoms with Gasteiger partial charge in [-0.3, -0.25) is 4.72 Å². The topological polar surface area (TPSA) is 83.6 Å². The highest BCUT2D eigenvalue weighted by molar-refractivity contribution is 14.1. The third-order valence-corrected chi connectivity index (χ3v) is 6.95. The smallest absolute Gasteiger partial charge is 0.261 e. The molecule has 2 aromatic rings. The van der Waals surface area contributed by atoms with Gasteiger partial charge in [-0.05, 0) is 71.1 Å². The van der Waals surface area contributed by atoms with E-state index in [-0.39, 0.29) is 9.79 Å². The fourth-order valence-corrected chi connectivity index (χ4v) is 4.05. The molecular weight excluding hydrogens is 451 g/mol. The quantitative estimate of drug-likeness (QED) is 0.686. The Hall–Kier alpha value is -1.17. The van der Waals surface area contributed by atoms with E-state index in [4.69, 9.17) is 0 Å². The van der Waals surface area contributed by atoms with Gasteiger partial charge in [-0.25, -0.2) is 21.1 Å².